The van der Waals surface area contributed by atoms with Gasteiger partial charge in [0.2, 0.25) is 5.89 Å². The highest BCUT2D eigenvalue weighted by Gasteiger charge is 2.33. The van der Waals surface area contributed by atoms with Gasteiger partial charge < -0.3 is 14.6 Å². The Morgan fingerprint density at radius 2 is 2.17 bits per heavy atom. The van der Waals surface area contributed by atoms with E-state index in [1.807, 2.05) is 18.7 Å². The molecule has 1 fully saturated rings. The molecule has 3 atom stereocenters. The van der Waals surface area contributed by atoms with Crippen LogP contribution in [0, 0.1) is 19.8 Å². The molecule has 7 nitrogen and oxygen atoms in total. The molecule has 0 saturated carbocycles. The molecule has 1 aliphatic heterocycles. The van der Waals surface area contributed by atoms with Gasteiger partial charge in [0.1, 0.15) is 0 Å². The molecule has 132 valence electrons. The van der Waals surface area contributed by atoms with Crippen LogP contribution in [0.5, 0.6) is 0 Å². The fourth-order valence-electron chi connectivity index (χ4n) is 3.37. The molecule has 3 rings (SSSR count). The van der Waals surface area contributed by atoms with Crippen molar-refractivity contribution in [1.29, 1.82) is 0 Å². The average molecular weight is 333 g/mol. The second kappa shape index (κ2) is 7.03. The van der Waals surface area contributed by atoms with Crippen LogP contribution in [0.3, 0.4) is 0 Å². The van der Waals surface area contributed by atoms with Gasteiger partial charge in [-0.15, -0.1) is 0 Å². The lowest BCUT2D eigenvalue weighted by molar-refractivity contribution is 0.0885. The van der Waals surface area contributed by atoms with E-state index in [4.69, 9.17) is 9.26 Å². The maximum absolute atomic E-state index is 6.04. The van der Waals surface area contributed by atoms with E-state index in [0.717, 1.165) is 37.5 Å². The van der Waals surface area contributed by atoms with Crippen LogP contribution < -0.4 is 5.32 Å². The zero-order chi connectivity index (χ0) is 17.3. The normalized spacial score (nSPS) is 22.2. The van der Waals surface area contributed by atoms with Crippen LogP contribution in [0.4, 0.5) is 0 Å². The Labute approximate surface area is 142 Å². The summed E-state index contributed by atoms with van der Waals surface area (Å²) in [5.74, 6) is 1.82. The van der Waals surface area contributed by atoms with E-state index in [-0.39, 0.29) is 12.1 Å². The van der Waals surface area contributed by atoms with Gasteiger partial charge in [-0.3, -0.25) is 4.68 Å². The third kappa shape index (κ3) is 3.23. The summed E-state index contributed by atoms with van der Waals surface area (Å²) in [6.45, 7) is 9.88. The smallest absolute Gasteiger partial charge is 0.243 e. The first-order chi connectivity index (χ1) is 11.5. The molecule has 1 aliphatic rings. The van der Waals surface area contributed by atoms with E-state index < -0.39 is 0 Å². The van der Waals surface area contributed by atoms with E-state index >= 15 is 0 Å². The third-order valence-corrected chi connectivity index (χ3v) is 4.92. The summed E-state index contributed by atoms with van der Waals surface area (Å²) < 4.78 is 13.3. The standard InChI is InChI=1S/C17H27N5O2/c1-6-14-19-17(24-21-14)11(3)18-9-13-7-8-23-16(13)15-10(2)20-22(5)12(15)4/h11,13,16,18H,6-9H2,1-5H3/t11-,13+,16+/m0/s1. The zero-order valence-electron chi connectivity index (χ0n) is 15.2. The molecule has 0 amide bonds. The minimum Gasteiger partial charge on any atom is -0.373 e. The molecule has 2 aromatic heterocycles. The van der Waals surface area contributed by atoms with E-state index in [0.29, 0.717) is 11.8 Å². The van der Waals surface area contributed by atoms with Gasteiger partial charge in [-0.2, -0.15) is 10.1 Å². The van der Waals surface area contributed by atoms with E-state index in [2.05, 4.69) is 41.3 Å². The van der Waals surface area contributed by atoms with Crippen LogP contribution in [-0.4, -0.2) is 33.1 Å². The van der Waals surface area contributed by atoms with Crippen LogP contribution in [0.2, 0.25) is 0 Å². The van der Waals surface area contributed by atoms with Crippen LogP contribution in [0.1, 0.15) is 61.1 Å². The molecule has 0 radical (unpaired) electrons. The molecular weight excluding hydrogens is 306 g/mol. The van der Waals surface area contributed by atoms with Gasteiger partial charge in [0.15, 0.2) is 5.82 Å². The summed E-state index contributed by atoms with van der Waals surface area (Å²) in [6.07, 6.45) is 1.93. The van der Waals surface area contributed by atoms with Crippen molar-refractivity contribution in [3.05, 3.63) is 28.7 Å². The lowest BCUT2D eigenvalue weighted by atomic mass is 9.93. The fraction of sp³-hybridized carbons (Fsp3) is 0.706. The minimum absolute atomic E-state index is 0.0372. The van der Waals surface area contributed by atoms with Crippen molar-refractivity contribution in [3.8, 4) is 0 Å². The van der Waals surface area contributed by atoms with Gasteiger partial charge in [0, 0.05) is 43.8 Å². The lowest BCUT2D eigenvalue weighted by Crippen LogP contribution is -2.28. The molecule has 2 aromatic rings. The first-order valence-corrected chi connectivity index (χ1v) is 8.68. The Bertz CT molecular complexity index is 693. The summed E-state index contributed by atoms with van der Waals surface area (Å²) in [5, 5.41) is 12.0. The Morgan fingerprint density at radius 1 is 1.38 bits per heavy atom. The topological polar surface area (TPSA) is 78.0 Å². The molecule has 7 heteroatoms. The largest absolute Gasteiger partial charge is 0.373 e. The fourth-order valence-corrected chi connectivity index (χ4v) is 3.37. The Hall–Kier alpha value is -1.73. The van der Waals surface area contributed by atoms with Crippen molar-refractivity contribution in [2.75, 3.05) is 13.2 Å². The van der Waals surface area contributed by atoms with Crippen molar-refractivity contribution in [1.82, 2.24) is 25.2 Å². The molecule has 0 bridgehead atoms. The van der Waals surface area contributed by atoms with Gasteiger partial charge in [-0.1, -0.05) is 12.1 Å². The van der Waals surface area contributed by atoms with Gasteiger partial charge >= 0.3 is 0 Å². The van der Waals surface area contributed by atoms with Gasteiger partial charge in [-0.05, 0) is 27.2 Å². The SMILES string of the molecule is CCc1noc([C@H](C)NC[C@H]2CCO[C@H]2c2c(C)nn(C)c2C)n1. The first-order valence-electron chi connectivity index (χ1n) is 8.68. The number of hydrogen-bond acceptors (Lipinski definition) is 6. The molecular formula is C17H27N5O2. The molecule has 0 unspecified atom stereocenters. The molecule has 3 heterocycles. The third-order valence-electron chi connectivity index (χ3n) is 4.92. The molecule has 1 saturated heterocycles. The van der Waals surface area contributed by atoms with Gasteiger partial charge in [0.05, 0.1) is 17.8 Å². The van der Waals surface area contributed by atoms with Crippen molar-refractivity contribution in [2.24, 2.45) is 13.0 Å². The molecule has 24 heavy (non-hydrogen) atoms. The molecule has 0 spiro atoms. The first kappa shape index (κ1) is 17.1. The second-order valence-electron chi connectivity index (χ2n) is 6.58. The minimum atomic E-state index is 0.0372. The molecule has 0 aliphatic carbocycles. The number of rotatable bonds is 6. The second-order valence-corrected chi connectivity index (χ2v) is 6.58. The van der Waals surface area contributed by atoms with E-state index in [1.165, 1.54) is 11.3 Å². The maximum atomic E-state index is 6.04. The predicted octanol–water partition coefficient (Wildman–Crippen LogP) is 2.41. The summed E-state index contributed by atoms with van der Waals surface area (Å²) >= 11 is 0. The van der Waals surface area contributed by atoms with Crippen LogP contribution in [-0.2, 0) is 18.2 Å². The molecule has 0 aromatic carbocycles. The number of hydrogen-bond donors (Lipinski definition) is 1. The highest BCUT2D eigenvalue weighted by atomic mass is 16.5. The quantitative estimate of drug-likeness (QED) is 0.875. The Morgan fingerprint density at radius 3 is 2.79 bits per heavy atom. The van der Waals surface area contributed by atoms with Crippen molar-refractivity contribution < 1.29 is 9.26 Å². The highest BCUT2D eigenvalue weighted by Crippen LogP contribution is 2.37. The summed E-state index contributed by atoms with van der Waals surface area (Å²) in [7, 11) is 1.98. The van der Waals surface area contributed by atoms with E-state index in [9.17, 15) is 0 Å². The summed E-state index contributed by atoms with van der Waals surface area (Å²) in [6, 6.07) is 0.0372. The van der Waals surface area contributed by atoms with E-state index in [1.54, 1.807) is 0 Å². The number of nitrogens with zero attached hydrogens (tertiary/aromatic N) is 4. The van der Waals surface area contributed by atoms with Crippen molar-refractivity contribution in [2.45, 2.75) is 52.7 Å². The monoisotopic (exact) mass is 333 g/mol. The maximum Gasteiger partial charge on any atom is 0.243 e. The number of ether oxygens (including phenoxy) is 1. The van der Waals surface area contributed by atoms with Crippen LogP contribution in [0.15, 0.2) is 4.52 Å². The van der Waals surface area contributed by atoms with Crippen LogP contribution in [0.25, 0.3) is 0 Å². The van der Waals surface area contributed by atoms with Crippen molar-refractivity contribution >= 4 is 0 Å². The lowest BCUT2D eigenvalue weighted by Gasteiger charge is -2.21. The predicted molar refractivity (Wildman–Crippen MR) is 89.6 cm³/mol. The average Bonchev–Trinajstić information content (AvgIpc) is 3.26. The Balaban J connectivity index is 1.66. The highest BCUT2D eigenvalue weighted by molar-refractivity contribution is 5.28. The summed E-state index contributed by atoms with van der Waals surface area (Å²) in [5.41, 5.74) is 3.48. The number of aromatic nitrogens is 4. The summed E-state index contributed by atoms with van der Waals surface area (Å²) in [4.78, 5) is 4.40. The number of aryl methyl sites for hydroxylation is 3. The number of nitrogens with one attached hydrogen (secondary N) is 1. The van der Waals surface area contributed by atoms with Gasteiger partial charge in [0.25, 0.3) is 0 Å². The Kier molecular flexibility index (Phi) is 5.01. The van der Waals surface area contributed by atoms with Crippen LogP contribution >= 0.6 is 0 Å². The van der Waals surface area contributed by atoms with Gasteiger partial charge in [-0.25, -0.2) is 0 Å². The zero-order valence-corrected chi connectivity index (χ0v) is 15.2. The van der Waals surface area contributed by atoms with Crippen molar-refractivity contribution in [3.63, 3.8) is 0 Å². The molecule has 1 N–H and O–H groups in total.